The molecule has 98 valence electrons. The zero-order chi connectivity index (χ0) is 13.0. The molecular weight excluding hydrogens is 235 g/mol. The van der Waals surface area contributed by atoms with Crippen LogP contribution < -0.4 is 5.32 Å². The third-order valence-corrected chi connectivity index (χ3v) is 3.00. The summed E-state index contributed by atoms with van der Waals surface area (Å²) in [6.45, 7) is 2.26. The maximum Gasteiger partial charge on any atom is 0.254 e. The van der Waals surface area contributed by atoms with E-state index in [1.165, 1.54) is 12.1 Å². The van der Waals surface area contributed by atoms with Gasteiger partial charge in [0.15, 0.2) is 0 Å². The summed E-state index contributed by atoms with van der Waals surface area (Å²) < 4.78 is 18.5. The number of carbonyl (C=O) groups is 1. The molecule has 0 bridgehead atoms. The summed E-state index contributed by atoms with van der Waals surface area (Å²) in [6.07, 6.45) is 0. The minimum atomic E-state index is -0.390. The highest BCUT2D eigenvalue weighted by Crippen LogP contribution is 2.13. The van der Waals surface area contributed by atoms with Gasteiger partial charge < -0.3 is 15.0 Å². The number of benzene rings is 1. The van der Waals surface area contributed by atoms with Gasteiger partial charge in [-0.3, -0.25) is 4.79 Å². The predicted molar refractivity (Wildman–Crippen MR) is 66.0 cm³/mol. The summed E-state index contributed by atoms with van der Waals surface area (Å²) in [4.78, 5) is 14.1. The number of rotatable bonds is 3. The van der Waals surface area contributed by atoms with Crippen molar-refractivity contribution in [2.24, 2.45) is 0 Å². The third kappa shape index (κ3) is 2.86. The lowest BCUT2D eigenvalue weighted by molar-refractivity contribution is -0.000996. The maximum absolute atomic E-state index is 13.1. The van der Waals surface area contributed by atoms with Crippen LogP contribution in [0.3, 0.4) is 0 Å². The smallest absolute Gasteiger partial charge is 0.254 e. The number of nitrogens with zero attached hydrogens (tertiary/aromatic N) is 1. The lowest BCUT2D eigenvalue weighted by Gasteiger charge is -2.35. The molecule has 1 aliphatic rings. The lowest BCUT2D eigenvalue weighted by Crippen LogP contribution is -2.52. The fraction of sp³-hybridized carbons (Fsp3) is 0.462. The summed E-state index contributed by atoms with van der Waals surface area (Å²) in [6, 6.07) is 5.79. The molecule has 2 rings (SSSR count). The van der Waals surface area contributed by atoms with Crippen molar-refractivity contribution < 1.29 is 13.9 Å². The number of amides is 1. The summed E-state index contributed by atoms with van der Waals surface area (Å²) in [5.41, 5.74) is 0.387. The fourth-order valence-electron chi connectivity index (χ4n) is 2.11. The molecule has 0 aromatic heterocycles. The molecule has 1 aliphatic heterocycles. The van der Waals surface area contributed by atoms with Crippen LogP contribution in [0.1, 0.15) is 10.4 Å². The first-order chi connectivity index (χ1) is 8.72. The zero-order valence-electron chi connectivity index (χ0n) is 10.4. The number of hydrogen-bond acceptors (Lipinski definition) is 3. The Morgan fingerprint density at radius 2 is 2.44 bits per heavy atom. The van der Waals surface area contributed by atoms with Crippen LogP contribution >= 0.6 is 0 Å². The van der Waals surface area contributed by atoms with Crippen LogP contribution in [0, 0.1) is 5.82 Å². The van der Waals surface area contributed by atoms with Crippen LogP contribution in [0.15, 0.2) is 24.3 Å². The van der Waals surface area contributed by atoms with Crippen molar-refractivity contribution in [2.45, 2.75) is 6.04 Å². The number of nitrogens with one attached hydrogen (secondary N) is 1. The van der Waals surface area contributed by atoms with Crippen molar-refractivity contribution >= 4 is 5.91 Å². The van der Waals surface area contributed by atoms with E-state index in [1.807, 2.05) is 7.05 Å². The molecule has 1 aromatic carbocycles. The summed E-state index contributed by atoms with van der Waals surface area (Å²) >= 11 is 0. The topological polar surface area (TPSA) is 41.6 Å². The predicted octanol–water partition coefficient (Wildman–Crippen LogP) is 0.886. The van der Waals surface area contributed by atoms with E-state index in [1.54, 1.807) is 17.0 Å². The Bertz CT molecular complexity index is 423. The van der Waals surface area contributed by atoms with Gasteiger partial charge in [0.05, 0.1) is 19.3 Å². The Labute approximate surface area is 106 Å². The van der Waals surface area contributed by atoms with E-state index < -0.39 is 0 Å². The summed E-state index contributed by atoms with van der Waals surface area (Å²) in [5.74, 6) is -0.530. The Balaban J connectivity index is 2.15. The minimum Gasteiger partial charge on any atom is -0.377 e. The van der Waals surface area contributed by atoms with E-state index in [-0.39, 0.29) is 17.8 Å². The molecule has 18 heavy (non-hydrogen) atoms. The first kappa shape index (κ1) is 13.0. The van der Waals surface area contributed by atoms with E-state index in [2.05, 4.69) is 5.32 Å². The molecule has 0 radical (unpaired) electrons. The van der Waals surface area contributed by atoms with Crippen molar-refractivity contribution in [3.05, 3.63) is 35.6 Å². The van der Waals surface area contributed by atoms with Crippen LogP contribution in [-0.4, -0.2) is 50.2 Å². The Kier molecular flexibility index (Phi) is 4.28. The van der Waals surface area contributed by atoms with Crippen molar-refractivity contribution in [1.82, 2.24) is 10.2 Å². The van der Waals surface area contributed by atoms with Crippen LogP contribution in [0.4, 0.5) is 4.39 Å². The summed E-state index contributed by atoms with van der Waals surface area (Å²) in [5, 5.41) is 3.04. The van der Waals surface area contributed by atoms with Crippen molar-refractivity contribution in [3.63, 3.8) is 0 Å². The molecule has 1 saturated heterocycles. The Hall–Kier alpha value is -1.46. The van der Waals surface area contributed by atoms with Crippen LogP contribution in [0.5, 0.6) is 0 Å². The van der Waals surface area contributed by atoms with E-state index in [9.17, 15) is 9.18 Å². The highest BCUT2D eigenvalue weighted by Gasteiger charge is 2.27. The quantitative estimate of drug-likeness (QED) is 0.868. The van der Waals surface area contributed by atoms with Gasteiger partial charge in [-0.2, -0.15) is 0 Å². The molecule has 1 atom stereocenters. The molecule has 5 heteroatoms. The number of ether oxygens (including phenoxy) is 1. The van der Waals surface area contributed by atoms with Gasteiger partial charge in [-0.1, -0.05) is 6.07 Å². The SMILES string of the molecule is CNCC1COCCN1C(=O)c1cccc(F)c1. The average Bonchev–Trinajstić information content (AvgIpc) is 2.39. The molecular formula is C13H17FN2O2. The fourth-order valence-corrected chi connectivity index (χ4v) is 2.11. The molecule has 1 heterocycles. The second kappa shape index (κ2) is 5.93. The minimum absolute atomic E-state index is 0.000447. The van der Waals surface area contributed by atoms with Crippen molar-refractivity contribution in [1.29, 1.82) is 0 Å². The van der Waals surface area contributed by atoms with Gasteiger partial charge in [-0.05, 0) is 25.2 Å². The number of halogens is 1. The van der Waals surface area contributed by atoms with Gasteiger partial charge in [-0.25, -0.2) is 4.39 Å². The average molecular weight is 252 g/mol. The third-order valence-electron chi connectivity index (χ3n) is 3.00. The lowest BCUT2D eigenvalue weighted by atomic mass is 10.1. The van der Waals surface area contributed by atoms with Gasteiger partial charge in [-0.15, -0.1) is 0 Å². The van der Waals surface area contributed by atoms with Crippen LogP contribution in [0.2, 0.25) is 0 Å². The first-order valence-corrected chi connectivity index (χ1v) is 6.01. The molecule has 4 nitrogen and oxygen atoms in total. The normalized spacial score (nSPS) is 19.9. The van der Waals surface area contributed by atoms with E-state index in [0.717, 1.165) is 0 Å². The maximum atomic E-state index is 13.1. The standard InChI is InChI=1S/C13H17FN2O2/c1-15-8-12-9-18-6-5-16(12)13(17)10-3-2-4-11(14)7-10/h2-4,7,12,15H,5-6,8-9H2,1H3. The second-order valence-electron chi connectivity index (χ2n) is 4.30. The Morgan fingerprint density at radius 3 is 3.17 bits per heavy atom. The molecule has 1 N–H and O–H groups in total. The van der Waals surface area contributed by atoms with E-state index >= 15 is 0 Å². The number of carbonyl (C=O) groups excluding carboxylic acids is 1. The number of likely N-dealkylation sites (N-methyl/N-ethyl adjacent to an activating group) is 1. The molecule has 1 unspecified atom stereocenters. The monoisotopic (exact) mass is 252 g/mol. The van der Waals surface area contributed by atoms with Gasteiger partial charge in [0.2, 0.25) is 0 Å². The molecule has 1 fully saturated rings. The largest absolute Gasteiger partial charge is 0.377 e. The summed E-state index contributed by atoms with van der Waals surface area (Å²) in [7, 11) is 1.83. The van der Waals surface area contributed by atoms with E-state index in [0.29, 0.717) is 31.9 Å². The zero-order valence-corrected chi connectivity index (χ0v) is 10.4. The first-order valence-electron chi connectivity index (χ1n) is 6.01. The van der Waals surface area contributed by atoms with Crippen molar-refractivity contribution in [3.8, 4) is 0 Å². The molecule has 1 aromatic rings. The second-order valence-corrected chi connectivity index (χ2v) is 4.30. The van der Waals surface area contributed by atoms with Crippen molar-refractivity contribution in [2.75, 3.05) is 33.4 Å². The molecule has 0 spiro atoms. The number of morpholine rings is 1. The molecule has 0 aliphatic carbocycles. The highest BCUT2D eigenvalue weighted by molar-refractivity contribution is 5.94. The van der Waals surface area contributed by atoms with E-state index in [4.69, 9.17) is 4.74 Å². The number of hydrogen-bond donors (Lipinski definition) is 1. The van der Waals surface area contributed by atoms with Crippen LogP contribution in [-0.2, 0) is 4.74 Å². The van der Waals surface area contributed by atoms with Crippen LogP contribution in [0.25, 0.3) is 0 Å². The molecule has 1 amide bonds. The van der Waals surface area contributed by atoms with Gasteiger partial charge in [0, 0.05) is 18.7 Å². The van der Waals surface area contributed by atoms with Gasteiger partial charge in [0.25, 0.3) is 5.91 Å². The highest BCUT2D eigenvalue weighted by atomic mass is 19.1. The Morgan fingerprint density at radius 1 is 1.61 bits per heavy atom. The van der Waals surface area contributed by atoms with Gasteiger partial charge >= 0.3 is 0 Å². The molecule has 0 saturated carbocycles. The van der Waals surface area contributed by atoms with Gasteiger partial charge in [0.1, 0.15) is 5.82 Å².